The van der Waals surface area contributed by atoms with Crippen LogP contribution in [-0.2, 0) is 30.8 Å². The van der Waals surface area contributed by atoms with Crippen LogP contribution < -0.4 is 0 Å². The topological polar surface area (TPSA) is 77.8 Å². The molecule has 0 saturated heterocycles. The van der Waals surface area contributed by atoms with Gasteiger partial charge in [0.2, 0.25) is 0 Å². The fraction of sp³-hybridized carbons (Fsp3) is 0. The van der Waals surface area contributed by atoms with Crippen LogP contribution in [0, 0.1) is 0 Å². The summed E-state index contributed by atoms with van der Waals surface area (Å²) in [6, 6.07) is 0. The van der Waals surface area contributed by atoms with Crippen molar-refractivity contribution in [2.45, 2.75) is 0 Å². The summed E-state index contributed by atoms with van der Waals surface area (Å²) in [6.45, 7) is 0. The summed E-state index contributed by atoms with van der Waals surface area (Å²) in [5.41, 5.74) is 0. The van der Waals surface area contributed by atoms with Gasteiger partial charge in [0.1, 0.15) is 0 Å². The van der Waals surface area contributed by atoms with Gasteiger partial charge in [-0.2, -0.15) is 0 Å². The van der Waals surface area contributed by atoms with Crippen molar-refractivity contribution >= 4 is 74.1 Å². The molecule has 0 unspecified atom stereocenters. The molecule has 3 N–H and O–H groups in total. The molecule has 0 saturated carbocycles. The van der Waals surface area contributed by atoms with Gasteiger partial charge in [-0.05, 0) is 0 Å². The van der Waals surface area contributed by atoms with Crippen LogP contribution in [0.3, 0.4) is 0 Å². The Kier molecular flexibility index (Phi) is 28.3. The van der Waals surface area contributed by atoms with E-state index in [4.69, 9.17) is 19.2 Å². The van der Waals surface area contributed by atoms with Gasteiger partial charge in [-0.25, -0.2) is 4.57 Å². The van der Waals surface area contributed by atoms with Gasteiger partial charge in [-0.3, -0.25) is 0 Å². The van der Waals surface area contributed by atoms with Gasteiger partial charge in [-0.15, -0.1) is 0 Å². The molecule has 0 aliphatic rings. The monoisotopic (exact) mass is 358 g/mol. The van der Waals surface area contributed by atoms with Gasteiger partial charge in [0.05, 0.1) is 0 Å². The molecule has 8 heavy (non-hydrogen) atoms. The molecule has 0 aromatic heterocycles. The zero-order chi connectivity index (χ0) is 4.50. The summed E-state index contributed by atoms with van der Waals surface area (Å²) in [5, 5.41) is 0. The molecule has 0 fully saturated rings. The summed E-state index contributed by atoms with van der Waals surface area (Å²) in [4.78, 5) is 21.6. The van der Waals surface area contributed by atoms with Crippen molar-refractivity contribution in [2.75, 3.05) is 0 Å². The van der Waals surface area contributed by atoms with Crippen molar-refractivity contribution in [1.82, 2.24) is 0 Å². The second kappa shape index (κ2) is 10.1. The van der Waals surface area contributed by atoms with Gasteiger partial charge in [0, 0.05) is 26.2 Å². The summed E-state index contributed by atoms with van der Waals surface area (Å²) in [6.07, 6.45) is 0. The summed E-state index contributed by atoms with van der Waals surface area (Å²) in [7, 11) is -4.64. The van der Waals surface area contributed by atoms with E-state index in [1.54, 1.807) is 0 Å². The molecular weight excluding hydrogens is 351 g/mol. The molecule has 0 bridgehead atoms. The van der Waals surface area contributed by atoms with Crippen LogP contribution in [0.2, 0.25) is 0 Å². The third kappa shape index (κ3) is 62.2. The first-order valence-electron chi connectivity index (χ1n) is 0.783. The van der Waals surface area contributed by atoms with Crippen LogP contribution in [0.25, 0.3) is 0 Å². The molecule has 0 radical (unpaired) electrons. The molecule has 4 nitrogen and oxygen atoms in total. The molecular formula is H8AlBaO4PZr. The molecule has 0 aliphatic carbocycles. The van der Waals surface area contributed by atoms with Crippen molar-refractivity contribution in [3.63, 3.8) is 0 Å². The predicted molar refractivity (Wildman–Crippen MR) is 32.7 cm³/mol. The van der Waals surface area contributed by atoms with Crippen LogP contribution in [0.1, 0.15) is 0 Å². The maximum Gasteiger partial charge on any atom is 0 e. The van der Waals surface area contributed by atoms with E-state index in [0.29, 0.717) is 0 Å². The van der Waals surface area contributed by atoms with Crippen molar-refractivity contribution in [2.24, 2.45) is 0 Å². The van der Waals surface area contributed by atoms with E-state index in [1.807, 2.05) is 0 Å². The van der Waals surface area contributed by atoms with Crippen LogP contribution in [-0.4, -0.2) is 80.9 Å². The molecule has 0 aromatic rings. The first kappa shape index (κ1) is 22.5. The molecule has 0 amide bonds. The summed E-state index contributed by atoms with van der Waals surface area (Å²) in [5.74, 6) is 0. The molecule has 46 valence electrons. The zero-order valence-corrected chi connectivity index (χ0v) is 6.05. The van der Waals surface area contributed by atoms with E-state index in [0.717, 1.165) is 0 Å². The van der Waals surface area contributed by atoms with Gasteiger partial charge < -0.3 is 14.7 Å². The van der Waals surface area contributed by atoms with Crippen LogP contribution in [0.15, 0.2) is 0 Å². The van der Waals surface area contributed by atoms with Crippen molar-refractivity contribution < 1.29 is 45.4 Å². The summed E-state index contributed by atoms with van der Waals surface area (Å²) < 4.78 is 8.88. The first-order chi connectivity index (χ1) is 2.00. The van der Waals surface area contributed by atoms with E-state index in [-0.39, 0.29) is 92.4 Å². The number of phosphoric acid groups is 1. The van der Waals surface area contributed by atoms with Gasteiger partial charge in [0.15, 0.2) is 17.4 Å². The maximum atomic E-state index is 8.88. The Morgan fingerprint density at radius 3 is 1.12 bits per heavy atom. The van der Waals surface area contributed by atoms with Crippen molar-refractivity contribution in [1.29, 1.82) is 0 Å². The largest absolute Gasteiger partial charge is 0 e. The smallest absolute Gasteiger partial charge is 0 e. The van der Waals surface area contributed by atoms with Crippen LogP contribution in [0.4, 0.5) is 0 Å². The number of rotatable bonds is 0. The standard InChI is InChI=1S/Al.Ba.H3O4P.Zr.5H/c;;1-5(2,3)4;;;;;;/h;;(H3,1,2,3,4);;;;;;. The average molecular weight is 359 g/mol. The number of hydrogen-bond acceptors (Lipinski definition) is 1. The second-order valence-electron chi connectivity index (χ2n) is 0.513. The first-order valence-corrected chi connectivity index (χ1v) is 2.35. The van der Waals surface area contributed by atoms with Gasteiger partial charge in [0.25, 0.3) is 0 Å². The summed E-state index contributed by atoms with van der Waals surface area (Å²) >= 11 is 0. The Morgan fingerprint density at radius 2 is 1.12 bits per heavy atom. The van der Waals surface area contributed by atoms with E-state index >= 15 is 0 Å². The fourth-order valence-electron chi connectivity index (χ4n) is 0. The normalized spacial score (nSPS) is 7.38. The van der Waals surface area contributed by atoms with E-state index < -0.39 is 7.82 Å². The van der Waals surface area contributed by atoms with E-state index in [1.165, 1.54) is 0 Å². The number of hydrogen-bond donors (Lipinski definition) is 3. The van der Waals surface area contributed by atoms with Crippen molar-refractivity contribution in [3.8, 4) is 0 Å². The van der Waals surface area contributed by atoms with E-state index in [9.17, 15) is 0 Å². The Bertz CT molecular complexity index is 62.2. The minimum atomic E-state index is -4.64. The van der Waals surface area contributed by atoms with Crippen LogP contribution >= 0.6 is 7.82 Å². The Labute approximate surface area is 117 Å². The minimum absolute atomic E-state index is 0. The van der Waals surface area contributed by atoms with Gasteiger partial charge in [-0.1, -0.05) is 0 Å². The molecule has 0 rings (SSSR count). The molecule has 8 heteroatoms. The Morgan fingerprint density at radius 1 is 1.12 bits per heavy atom. The molecule has 0 heterocycles. The van der Waals surface area contributed by atoms with Crippen LogP contribution in [0.5, 0.6) is 0 Å². The SMILES string of the molecule is O=P(O)(O)O.[AlH3].[BaH2].[Zr]. The maximum absolute atomic E-state index is 8.88. The second-order valence-corrected chi connectivity index (χ2v) is 1.54. The molecule has 0 aromatic carbocycles. The van der Waals surface area contributed by atoms with Gasteiger partial charge >= 0.3 is 56.7 Å². The molecule has 0 aliphatic heterocycles. The minimum Gasteiger partial charge on any atom is 0 e. The Balaban J connectivity index is -0.0000000267. The average Bonchev–Trinajstić information content (AvgIpc) is 0.722. The molecule has 0 atom stereocenters. The third-order valence-corrected chi connectivity index (χ3v) is 0. The van der Waals surface area contributed by atoms with Crippen molar-refractivity contribution in [3.05, 3.63) is 0 Å². The van der Waals surface area contributed by atoms with E-state index in [2.05, 4.69) is 0 Å². The predicted octanol–water partition coefficient (Wildman–Crippen LogP) is -3.03. The zero-order valence-electron chi connectivity index (χ0n) is 2.70. The molecule has 0 spiro atoms. The third-order valence-electron chi connectivity index (χ3n) is 0. The Hall–Kier alpha value is 3.10. The quantitative estimate of drug-likeness (QED) is 0.318. The fourth-order valence-corrected chi connectivity index (χ4v) is 0.